The van der Waals surface area contributed by atoms with Gasteiger partial charge in [-0.05, 0) is 11.8 Å². The normalized spacial score (nSPS) is 13.6. The van der Waals surface area contributed by atoms with Gasteiger partial charge in [0.25, 0.3) is 0 Å². The molecule has 0 radical (unpaired) electrons. The molecule has 0 aromatic carbocycles. The summed E-state index contributed by atoms with van der Waals surface area (Å²) in [7, 11) is 0. The van der Waals surface area contributed by atoms with Gasteiger partial charge in [-0.3, -0.25) is 5.10 Å². The summed E-state index contributed by atoms with van der Waals surface area (Å²) in [6.45, 7) is 0. The van der Waals surface area contributed by atoms with Crippen molar-refractivity contribution in [2.75, 3.05) is 0 Å². The lowest BCUT2D eigenvalue weighted by Crippen LogP contribution is -2.15. The van der Waals surface area contributed by atoms with Crippen LogP contribution >= 0.6 is 11.8 Å². The van der Waals surface area contributed by atoms with Gasteiger partial charge in [0.15, 0.2) is 12.2 Å². The van der Waals surface area contributed by atoms with Crippen molar-refractivity contribution in [1.82, 2.24) is 10.2 Å². The van der Waals surface area contributed by atoms with Gasteiger partial charge in [0, 0.05) is 0 Å². The second-order valence-electron chi connectivity index (χ2n) is 2.40. The third-order valence-electron chi connectivity index (χ3n) is 1.33. The highest BCUT2D eigenvalue weighted by atomic mass is 32.2. The van der Waals surface area contributed by atoms with Crippen molar-refractivity contribution in [2.24, 2.45) is 15.9 Å². The van der Waals surface area contributed by atoms with Crippen LogP contribution < -0.4 is 5.73 Å². The lowest BCUT2D eigenvalue weighted by atomic mass is 10.4. The Balaban J connectivity index is 2.94. The molecule has 0 aliphatic heterocycles. The second kappa shape index (κ2) is 4.88. The maximum Gasteiger partial charge on any atom is 0.446 e. The maximum atomic E-state index is 12.1. The van der Waals surface area contributed by atoms with E-state index in [2.05, 4.69) is 20.3 Å². The summed E-state index contributed by atoms with van der Waals surface area (Å²) in [4.78, 5) is 3.17. The summed E-state index contributed by atoms with van der Waals surface area (Å²) in [5.41, 5.74) is 0.819. The minimum absolute atomic E-state index is 0.0813. The largest absolute Gasteiger partial charge is 0.446 e. The molecule has 0 saturated carbocycles. The van der Waals surface area contributed by atoms with Gasteiger partial charge in [-0.25, -0.2) is 4.99 Å². The number of aromatic nitrogens is 2. The number of H-pyrrole nitrogens is 1. The van der Waals surface area contributed by atoms with Gasteiger partial charge in [0.2, 0.25) is 0 Å². The molecular weight excluding hydrogens is 247 g/mol. The predicted molar refractivity (Wildman–Crippen MR) is 51.5 cm³/mol. The number of rotatable bonds is 3. The quantitative estimate of drug-likeness (QED) is 0.247. The van der Waals surface area contributed by atoms with E-state index in [1.807, 2.05) is 0 Å². The van der Waals surface area contributed by atoms with Gasteiger partial charge in [-0.2, -0.15) is 18.3 Å². The molecule has 1 rings (SSSR count). The van der Waals surface area contributed by atoms with Gasteiger partial charge in [-0.1, -0.05) is 5.16 Å². The van der Waals surface area contributed by atoms with E-state index in [4.69, 9.17) is 10.9 Å². The number of nitrogens with two attached hydrogens (primary N) is 1. The van der Waals surface area contributed by atoms with E-state index in [9.17, 15) is 13.2 Å². The number of amidine groups is 1. The second-order valence-corrected chi connectivity index (χ2v) is 3.51. The van der Waals surface area contributed by atoms with E-state index in [1.54, 1.807) is 0 Å². The molecular formula is C6H6F3N5OS. The molecule has 0 aliphatic carbocycles. The third-order valence-corrected chi connectivity index (χ3v) is 2.10. The molecule has 0 aliphatic rings. The lowest BCUT2D eigenvalue weighted by molar-refractivity contribution is -0.0328. The fraction of sp³-hybridized carbons (Fsp3) is 0.167. The van der Waals surface area contributed by atoms with E-state index in [1.165, 1.54) is 0 Å². The summed E-state index contributed by atoms with van der Waals surface area (Å²) < 4.78 is 36.3. The van der Waals surface area contributed by atoms with Crippen LogP contribution in [0.1, 0.15) is 5.69 Å². The minimum Gasteiger partial charge on any atom is -0.410 e. The Hall–Kier alpha value is -1.71. The van der Waals surface area contributed by atoms with Crippen LogP contribution in [0, 0.1) is 0 Å². The van der Waals surface area contributed by atoms with E-state index in [0.29, 0.717) is 6.34 Å². The van der Waals surface area contributed by atoms with Crippen molar-refractivity contribution in [1.29, 1.82) is 0 Å². The molecule has 6 nitrogen and oxygen atoms in total. The fourth-order valence-electron chi connectivity index (χ4n) is 0.813. The average Bonchev–Trinajstić information content (AvgIpc) is 2.59. The number of aromatic amines is 1. The first-order valence-electron chi connectivity index (χ1n) is 3.72. The fourth-order valence-corrected chi connectivity index (χ4v) is 1.42. The van der Waals surface area contributed by atoms with Crippen LogP contribution in [0.3, 0.4) is 0 Å². The molecule has 0 atom stereocenters. The maximum absolute atomic E-state index is 12.1. The van der Waals surface area contributed by atoms with E-state index < -0.39 is 5.51 Å². The molecule has 4 N–H and O–H groups in total. The minimum atomic E-state index is -4.44. The van der Waals surface area contributed by atoms with Crippen molar-refractivity contribution in [3.63, 3.8) is 0 Å². The van der Waals surface area contributed by atoms with Gasteiger partial charge in [0.05, 0.1) is 11.1 Å². The monoisotopic (exact) mass is 253 g/mol. The SMILES string of the molecule is NC(=NC=NO)c1[nH]ncc1SC(F)(F)F. The first-order valence-corrected chi connectivity index (χ1v) is 4.54. The summed E-state index contributed by atoms with van der Waals surface area (Å²) >= 11 is -0.366. The number of hydrogen-bond acceptors (Lipinski definition) is 4. The molecule has 10 heteroatoms. The molecule has 0 saturated heterocycles. The van der Waals surface area contributed by atoms with E-state index >= 15 is 0 Å². The summed E-state index contributed by atoms with van der Waals surface area (Å²) in [5, 5.41) is 16.3. The average molecular weight is 253 g/mol. The Bertz CT molecular complexity index is 413. The smallest absolute Gasteiger partial charge is 0.410 e. The topological polar surface area (TPSA) is 99.6 Å². The van der Waals surface area contributed by atoms with Crippen LogP contribution in [0.2, 0.25) is 0 Å². The zero-order valence-corrected chi connectivity index (χ0v) is 8.38. The Kier molecular flexibility index (Phi) is 3.77. The molecule has 1 aromatic heterocycles. The standard InChI is InChI=1S/C6H6F3N5OS/c7-6(8,9)16-3-1-12-14-4(3)5(10)11-2-13-15/h1-2,15H,(H,12,14)(H2,10,11,13). The van der Waals surface area contributed by atoms with Crippen molar-refractivity contribution in [3.05, 3.63) is 11.9 Å². The van der Waals surface area contributed by atoms with Crippen molar-refractivity contribution < 1.29 is 18.4 Å². The van der Waals surface area contributed by atoms with Gasteiger partial charge < -0.3 is 10.9 Å². The van der Waals surface area contributed by atoms with Gasteiger partial charge >= 0.3 is 5.51 Å². The van der Waals surface area contributed by atoms with Crippen LogP contribution in [-0.4, -0.2) is 33.1 Å². The molecule has 0 fully saturated rings. The molecule has 0 amide bonds. The molecule has 0 bridgehead atoms. The van der Waals surface area contributed by atoms with Gasteiger partial charge in [-0.15, -0.1) is 0 Å². The lowest BCUT2D eigenvalue weighted by Gasteiger charge is -2.04. The molecule has 16 heavy (non-hydrogen) atoms. The van der Waals surface area contributed by atoms with E-state index in [0.717, 1.165) is 6.20 Å². The number of hydrogen-bond donors (Lipinski definition) is 3. The first-order chi connectivity index (χ1) is 7.44. The Morgan fingerprint density at radius 2 is 2.31 bits per heavy atom. The van der Waals surface area contributed by atoms with Crippen molar-refractivity contribution >= 4 is 23.9 Å². The van der Waals surface area contributed by atoms with Crippen LogP contribution in [0.5, 0.6) is 0 Å². The highest BCUT2D eigenvalue weighted by Crippen LogP contribution is 2.37. The molecule has 88 valence electrons. The Labute approximate surface area is 91.4 Å². The first kappa shape index (κ1) is 12.4. The predicted octanol–water partition coefficient (Wildman–Crippen LogP) is 1.14. The van der Waals surface area contributed by atoms with E-state index in [-0.39, 0.29) is 28.2 Å². The summed E-state index contributed by atoms with van der Waals surface area (Å²) in [5.74, 6) is -0.262. The zero-order chi connectivity index (χ0) is 12.2. The third kappa shape index (κ3) is 3.46. The molecule has 1 heterocycles. The Morgan fingerprint density at radius 1 is 1.62 bits per heavy atom. The molecule has 1 aromatic rings. The number of oxime groups is 1. The summed E-state index contributed by atoms with van der Waals surface area (Å²) in [6.07, 6.45) is 1.67. The van der Waals surface area contributed by atoms with Crippen molar-refractivity contribution in [3.8, 4) is 0 Å². The van der Waals surface area contributed by atoms with Crippen LogP contribution in [0.4, 0.5) is 13.2 Å². The number of aliphatic imine (C=N–C) groups is 1. The number of halogens is 3. The zero-order valence-electron chi connectivity index (χ0n) is 7.56. The highest BCUT2D eigenvalue weighted by Gasteiger charge is 2.31. The molecule has 0 spiro atoms. The van der Waals surface area contributed by atoms with Crippen LogP contribution in [0.25, 0.3) is 0 Å². The van der Waals surface area contributed by atoms with Crippen molar-refractivity contribution in [2.45, 2.75) is 10.4 Å². The summed E-state index contributed by atoms with van der Waals surface area (Å²) in [6, 6.07) is 0. The Morgan fingerprint density at radius 3 is 2.88 bits per heavy atom. The number of thioether (sulfide) groups is 1. The molecule has 0 unspecified atom stereocenters. The number of nitrogens with one attached hydrogen (secondary N) is 1. The van der Waals surface area contributed by atoms with Gasteiger partial charge in [0.1, 0.15) is 5.69 Å². The van der Waals surface area contributed by atoms with Crippen LogP contribution in [-0.2, 0) is 0 Å². The number of alkyl halides is 3. The van der Waals surface area contributed by atoms with Crippen LogP contribution in [0.15, 0.2) is 21.2 Å². The number of nitrogens with zero attached hydrogens (tertiary/aromatic N) is 3. The highest BCUT2D eigenvalue weighted by molar-refractivity contribution is 8.00.